The van der Waals surface area contributed by atoms with E-state index in [0.29, 0.717) is 40.5 Å². The van der Waals surface area contributed by atoms with Crippen LogP contribution in [0.15, 0.2) is 48.7 Å². The molecule has 0 radical (unpaired) electrons. The van der Waals surface area contributed by atoms with E-state index in [9.17, 15) is 9.59 Å². The summed E-state index contributed by atoms with van der Waals surface area (Å²) in [6, 6.07) is 12.0. The first-order chi connectivity index (χ1) is 12.2. The molecular formula is C19H15NO5. The quantitative estimate of drug-likeness (QED) is 0.489. The standard InChI is InChI=1S/C19H15NO5/c1-2-23-10-15-13-5-3-4-6-14(13)18(21)20(19(15)22)12-7-8-16-17(9-12)25-11-24-16/h3-10H,2,11H2,1H3/b15-10+. The molecule has 0 spiro atoms. The zero-order chi connectivity index (χ0) is 17.4. The average molecular weight is 337 g/mol. The zero-order valence-electron chi connectivity index (χ0n) is 13.5. The predicted octanol–water partition coefficient (Wildman–Crippen LogP) is 2.98. The molecule has 0 atom stereocenters. The van der Waals surface area contributed by atoms with Gasteiger partial charge in [0, 0.05) is 17.2 Å². The van der Waals surface area contributed by atoms with Crippen LogP contribution in [0.2, 0.25) is 0 Å². The van der Waals surface area contributed by atoms with Gasteiger partial charge in [0.15, 0.2) is 11.5 Å². The molecule has 2 aliphatic heterocycles. The van der Waals surface area contributed by atoms with Crippen molar-refractivity contribution in [1.29, 1.82) is 0 Å². The molecule has 2 heterocycles. The Labute approximate surface area is 144 Å². The average Bonchev–Trinajstić information content (AvgIpc) is 3.10. The highest BCUT2D eigenvalue weighted by molar-refractivity contribution is 6.40. The number of carbonyl (C=O) groups excluding carboxylic acids is 2. The van der Waals surface area contributed by atoms with Gasteiger partial charge in [-0.1, -0.05) is 18.2 Å². The first kappa shape index (κ1) is 15.3. The van der Waals surface area contributed by atoms with Gasteiger partial charge in [-0.25, -0.2) is 4.90 Å². The van der Waals surface area contributed by atoms with Crippen molar-refractivity contribution in [2.24, 2.45) is 0 Å². The highest BCUT2D eigenvalue weighted by Crippen LogP contribution is 2.38. The van der Waals surface area contributed by atoms with Gasteiger partial charge in [-0.2, -0.15) is 0 Å². The molecule has 0 saturated heterocycles. The lowest BCUT2D eigenvalue weighted by Gasteiger charge is -2.28. The Morgan fingerprint density at radius 3 is 2.60 bits per heavy atom. The maximum atomic E-state index is 13.0. The molecule has 4 rings (SSSR count). The normalized spacial score (nSPS) is 17.0. The molecular weight excluding hydrogens is 322 g/mol. The van der Waals surface area contributed by atoms with E-state index in [1.165, 1.54) is 6.26 Å². The van der Waals surface area contributed by atoms with E-state index in [1.807, 2.05) is 6.92 Å². The molecule has 0 saturated carbocycles. The molecule has 126 valence electrons. The summed E-state index contributed by atoms with van der Waals surface area (Å²) in [5, 5.41) is 0. The second kappa shape index (κ2) is 5.98. The Hall–Kier alpha value is -3.28. The van der Waals surface area contributed by atoms with Crippen LogP contribution < -0.4 is 14.4 Å². The highest BCUT2D eigenvalue weighted by atomic mass is 16.7. The van der Waals surface area contributed by atoms with Gasteiger partial charge in [-0.05, 0) is 25.1 Å². The molecule has 0 fully saturated rings. The molecule has 6 heteroatoms. The molecule has 0 N–H and O–H groups in total. The van der Waals surface area contributed by atoms with Gasteiger partial charge >= 0.3 is 0 Å². The van der Waals surface area contributed by atoms with Gasteiger partial charge in [0.05, 0.1) is 24.1 Å². The summed E-state index contributed by atoms with van der Waals surface area (Å²) in [5.74, 6) is 0.280. The fraction of sp³-hybridized carbons (Fsp3) is 0.158. The van der Waals surface area contributed by atoms with Crippen molar-refractivity contribution in [3.8, 4) is 11.5 Å². The van der Waals surface area contributed by atoms with Crippen LogP contribution in [-0.4, -0.2) is 25.2 Å². The van der Waals surface area contributed by atoms with Gasteiger partial charge in [-0.3, -0.25) is 9.59 Å². The number of ether oxygens (including phenoxy) is 3. The fourth-order valence-corrected chi connectivity index (χ4v) is 2.89. The van der Waals surface area contributed by atoms with Gasteiger partial charge in [0.2, 0.25) is 6.79 Å². The predicted molar refractivity (Wildman–Crippen MR) is 90.4 cm³/mol. The molecule has 6 nitrogen and oxygen atoms in total. The van der Waals surface area contributed by atoms with E-state index in [4.69, 9.17) is 14.2 Å². The van der Waals surface area contributed by atoms with E-state index >= 15 is 0 Å². The topological polar surface area (TPSA) is 65.1 Å². The number of benzene rings is 2. The second-order valence-electron chi connectivity index (χ2n) is 5.52. The van der Waals surface area contributed by atoms with Crippen LogP contribution in [0.1, 0.15) is 22.8 Å². The van der Waals surface area contributed by atoms with E-state index in [0.717, 1.165) is 4.90 Å². The lowest BCUT2D eigenvalue weighted by atomic mass is 9.94. The minimum Gasteiger partial charge on any atom is -0.501 e. The molecule has 2 aliphatic rings. The molecule has 25 heavy (non-hydrogen) atoms. The van der Waals surface area contributed by atoms with E-state index in [-0.39, 0.29) is 12.7 Å². The van der Waals surface area contributed by atoms with Crippen LogP contribution in [0, 0.1) is 0 Å². The number of amides is 2. The van der Waals surface area contributed by atoms with E-state index in [2.05, 4.69) is 0 Å². The number of anilines is 1. The summed E-state index contributed by atoms with van der Waals surface area (Å²) >= 11 is 0. The van der Waals surface area contributed by atoms with Gasteiger partial charge in [0.1, 0.15) is 0 Å². The van der Waals surface area contributed by atoms with Crippen molar-refractivity contribution < 1.29 is 23.8 Å². The maximum absolute atomic E-state index is 13.0. The minimum absolute atomic E-state index is 0.124. The lowest BCUT2D eigenvalue weighted by Crippen LogP contribution is -2.41. The van der Waals surface area contributed by atoms with Crippen molar-refractivity contribution in [2.45, 2.75) is 6.92 Å². The maximum Gasteiger partial charge on any atom is 0.269 e. The summed E-state index contributed by atoms with van der Waals surface area (Å²) < 4.78 is 16.0. The number of rotatable bonds is 3. The first-order valence-corrected chi connectivity index (χ1v) is 7.90. The molecule has 0 aliphatic carbocycles. The molecule has 2 aromatic carbocycles. The Kier molecular flexibility index (Phi) is 3.65. The highest BCUT2D eigenvalue weighted by Gasteiger charge is 2.36. The van der Waals surface area contributed by atoms with Crippen molar-refractivity contribution in [3.63, 3.8) is 0 Å². The Morgan fingerprint density at radius 2 is 1.80 bits per heavy atom. The Balaban J connectivity index is 1.83. The van der Waals surface area contributed by atoms with E-state index in [1.54, 1.807) is 42.5 Å². The number of carbonyl (C=O) groups is 2. The SMILES string of the molecule is CCO/C=C1/C(=O)N(c2ccc3c(c2)OCO3)C(=O)c2ccccc21. The molecule has 2 aromatic rings. The lowest BCUT2D eigenvalue weighted by molar-refractivity contribution is -0.113. The number of hydrogen-bond donors (Lipinski definition) is 0. The van der Waals surface area contributed by atoms with Crippen molar-refractivity contribution in [2.75, 3.05) is 18.3 Å². The monoisotopic (exact) mass is 337 g/mol. The third-order valence-corrected chi connectivity index (χ3v) is 4.07. The van der Waals surface area contributed by atoms with Crippen LogP contribution in [0.5, 0.6) is 11.5 Å². The molecule has 0 bridgehead atoms. The van der Waals surface area contributed by atoms with Crippen molar-refractivity contribution in [3.05, 3.63) is 59.9 Å². The summed E-state index contributed by atoms with van der Waals surface area (Å²) in [6.07, 6.45) is 1.41. The fourth-order valence-electron chi connectivity index (χ4n) is 2.89. The second-order valence-corrected chi connectivity index (χ2v) is 5.52. The van der Waals surface area contributed by atoms with Crippen LogP contribution >= 0.6 is 0 Å². The minimum atomic E-state index is -0.434. The van der Waals surface area contributed by atoms with Crippen molar-refractivity contribution in [1.82, 2.24) is 0 Å². The van der Waals surface area contributed by atoms with Crippen molar-refractivity contribution >= 4 is 23.1 Å². The number of imide groups is 1. The van der Waals surface area contributed by atoms with Gasteiger partial charge < -0.3 is 14.2 Å². The number of nitrogens with zero attached hydrogens (tertiary/aromatic N) is 1. The molecule has 0 unspecified atom stereocenters. The third-order valence-electron chi connectivity index (χ3n) is 4.07. The van der Waals surface area contributed by atoms with Crippen LogP contribution in [0.25, 0.3) is 5.57 Å². The van der Waals surface area contributed by atoms with Gasteiger partial charge in [0.25, 0.3) is 11.8 Å². The number of fused-ring (bicyclic) bond motifs is 2. The van der Waals surface area contributed by atoms with Crippen LogP contribution in [-0.2, 0) is 9.53 Å². The van der Waals surface area contributed by atoms with Gasteiger partial charge in [-0.15, -0.1) is 0 Å². The molecule has 0 aromatic heterocycles. The Bertz CT molecular complexity index is 902. The summed E-state index contributed by atoms with van der Waals surface area (Å²) in [4.78, 5) is 27.0. The first-order valence-electron chi connectivity index (χ1n) is 7.90. The summed E-state index contributed by atoms with van der Waals surface area (Å²) in [7, 11) is 0. The van der Waals surface area contributed by atoms with Crippen LogP contribution in [0.4, 0.5) is 5.69 Å². The van der Waals surface area contributed by atoms with Crippen LogP contribution in [0.3, 0.4) is 0 Å². The summed E-state index contributed by atoms with van der Waals surface area (Å²) in [5.41, 5.74) is 1.79. The largest absolute Gasteiger partial charge is 0.501 e. The Morgan fingerprint density at radius 1 is 1.04 bits per heavy atom. The van der Waals surface area contributed by atoms with E-state index < -0.39 is 5.91 Å². The molecule has 2 amide bonds. The smallest absolute Gasteiger partial charge is 0.269 e. The third kappa shape index (κ3) is 2.42. The summed E-state index contributed by atoms with van der Waals surface area (Å²) in [6.45, 7) is 2.38. The zero-order valence-corrected chi connectivity index (χ0v) is 13.5. The number of hydrogen-bond acceptors (Lipinski definition) is 5.